The Balaban J connectivity index is 1.58. The first-order valence-corrected chi connectivity index (χ1v) is 8.80. The molecule has 0 atom stereocenters. The molecule has 0 bridgehead atoms. The zero-order valence-corrected chi connectivity index (χ0v) is 15.3. The molecule has 26 heavy (non-hydrogen) atoms. The molecule has 2 aromatic carbocycles. The van der Waals surface area contributed by atoms with E-state index >= 15 is 0 Å². The summed E-state index contributed by atoms with van der Waals surface area (Å²) in [7, 11) is 0. The monoisotopic (exact) mass is 365 g/mol. The van der Waals surface area contributed by atoms with E-state index in [0.29, 0.717) is 23.7 Å². The molecule has 1 heterocycles. The van der Waals surface area contributed by atoms with Crippen LogP contribution >= 0.6 is 11.6 Å². The van der Waals surface area contributed by atoms with Crippen LogP contribution in [-0.2, 0) is 6.42 Å². The lowest BCUT2D eigenvalue weighted by Gasteiger charge is -2.09. The summed E-state index contributed by atoms with van der Waals surface area (Å²) in [5.74, 6) is -0.195. The zero-order chi connectivity index (χ0) is 18.4. The van der Waals surface area contributed by atoms with Crippen molar-refractivity contribution in [2.75, 3.05) is 11.9 Å². The molecular formula is C21H20ClN3O. The van der Waals surface area contributed by atoms with Gasteiger partial charge in [0.25, 0.3) is 5.91 Å². The van der Waals surface area contributed by atoms with Crippen molar-refractivity contribution in [3.63, 3.8) is 0 Å². The first-order valence-electron chi connectivity index (χ1n) is 8.42. The van der Waals surface area contributed by atoms with Crippen LogP contribution in [-0.4, -0.2) is 17.4 Å². The molecule has 0 radical (unpaired) electrons. The summed E-state index contributed by atoms with van der Waals surface area (Å²) in [4.78, 5) is 16.5. The molecule has 4 nitrogen and oxygen atoms in total. The number of carbonyl (C=O) groups is 1. The maximum Gasteiger partial charge on any atom is 0.269 e. The van der Waals surface area contributed by atoms with E-state index in [-0.39, 0.29) is 5.91 Å². The van der Waals surface area contributed by atoms with Crippen molar-refractivity contribution >= 4 is 28.9 Å². The molecule has 0 saturated heterocycles. The highest BCUT2D eigenvalue weighted by molar-refractivity contribution is 6.30. The Kier molecular flexibility index (Phi) is 5.87. The number of amides is 1. The Hall–Kier alpha value is -2.85. The first kappa shape index (κ1) is 18.0. The number of halogens is 1. The average molecular weight is 366 g/mol. The number of anilines is 2. The van der Waals surface area contributed by atoms with Gasteiger partial charge in [0.15, 0.2) is 0 Å². The lowest BCUT2D eigenvalue weighted by molar-refractivity contribution is 0.0949. The second kappa shape index (κ2) is 8.50. The Morgan fingerprint density at radius 2 is 1.85 bits per heavy atom. The van der Waals surface area contributed by atoms with Crippen molar-refractivity contribution in [1.82, 2.24) is 10.3 Å². The molecule has 2 N–H and O–H groups in total. The SMILES string of the molecule is Cc1ccc(Nc2ccnc(C(=O)NCCc3cccc(Cl)c3)c2)cc1. The second-order valence-electron chi connectivity index (χ2n) is 6.06. The van der Waals surface area contributed by atoms with Gasteiger partial charge >= 0.3 is 0 Å². The van der Waals surface area contributed by atoms with Gasteiger partial charge < -0.3 is 10.6 Å². The lowest BCUT2D eigenvalue weighted by atomic mass is 10.1. The van der Waals surface area contributed by atoms with Crippen LogP contribution in [0.4, 0.5) is 11.4 Å². The van der Waals surface area contributed by atoms with Crippen molar-refractivity contribution in [2.24, 2.45) is 0 Å². The molecule has 1 amide bonds. The minimum Gasteiger partial charge on any atom is -0.355 e. The van der Waals surface area contributed by atoms with Crippen LogP contribution in [0.1, 0.15) is 21.6 Å². The van der Waals surface area contributed by atoms with Crippen molar-refractivity contribution in [2.45, 2.75) is 13.3 Å². The van der Waals surface area contributed by atoms with Gasteiger partial charge in [-0.15, -0.1) is 0 Å². The number of rotatable bonds is 6. The van der Waals surface area contributed by atoms with Crippen LogP contribution in [0, 0.1) is 6.92 Å². The van der Waals surface area contributed by atoms with Gasteiger partial charge in [-0.1, -0.05) is 41.4 Å². The average Bonchev–Trinajstić information content (AvgIpc) is 2.64. The standard InChI is InChI=1S/C21H20ClN3O/c1-15-5-7-18(8-6-15)25-19-10-12-23-20(14-19)21(26)24-11-9-16-3-2-4-17(22)13-16/h2-8,10,12-14H,9,11H2,1H3,(H,23,25)(H,24,26). The predicted octanol–water partition coefficient (Wildman–Crippen LogP) is 4.76. The normalized spacial score (nSPS) is 10.4. The quantitative estimate of drug-likeness (QED) is 0.662. The fraction of sp³-hybridized carbons (Fsp3) is 0.143. The molecule has 1 aromatic heterocycles. The number of carbonyl (C=O) groups excluding carboxylic acids is 1. The van der Waals surface area contributed by atoms with Gasteiger partial charge in [-0.05, 0) is 55.3 Å². The van der Waals surface area contributed by atoms with Gasteiger partial charge in [0.05, 0.1) is 0 Å². The minimum absolute atomic E-state index is 0.195. The van der Waals surface area contributed by atoms with E-state index in [4.69, 9.17) is 11.6 Å². The second-order valence-corrected chi connectivity index (χ2v) is 6.49. The van der Waals surface area contributed by atoms with Crippen LogP contribution in [0.2, 0.25) is 5.02 Å². The van der Waals surface area contributed by atoms with Gasteiger partial charge in [-0.3, -0.25) is 9.78 Å². The Morgan fingerprint density at radius 3 is 2.62 bits per heavy atom. The largest absolute Gasteiger partial charge is 0.355 e. The molecule has 0 saturated carbocycles. The fourth-order valence-electron chi connectivity index (χ4n) is 2.54. The molecule has 3 aromatic rings. The van der Waals surface area contributed by atoms with Crippen LogP contribution in [0.5, 0.6) is 0 Å². The van der Waals surface area contributed by atoms with Crippen molar-refractivity contribution < 1.29 is 4.79 Å². The van der Waals surface area contributed by atoms with Gasteiger partial charge in [-0.25, -0.2) is 0 Å². The van der Waals surface area contributed by atoms with Crippen LogP contribution in [0.3, 0.4) is 0 Å². The lowest BCUT2D eigenvalue weighted by Crippen LogP contribution is -2.26. The van der Waals surface area contributed by atoms with Crippen LogP contribution in [0.25, 0.3) is 0 Å². The molecule has 0 spiro atoms. The van der Waals surface area contributed by atoms with Crippen molar-refractivity contribution in [3.05, 3.63) is 88.7 Å². The van der Waals surface area contributed by atoms with E-state index in [1.807, 2.05) is 61.5 Å². The summed E-state index contributed by atoms with van der Waals surface area (Å²) < 4.78 is 0. The fourth-order valence-corrected chi connectivity index (χ4v) is 2.75. The Morgan fingerprint density at radius 1 is 1.04 bits per heavy atom. The van der Waals surface area contributed by atoms with Gasteiger partial charge in [0, 0.05) is 29.1 Å². The van der Waals surface area contributed by atoms with E-state index < -0.39 is 0 Å². The molecule has 0 aliphatic carbocycles. The number of pyridine rings is 1. The van der Waals surface area contributed by atoms with E-state index in [2.05, 4.69) is 15.6 Å². The van der Waals surface area contributed by atoms with Gasteiger partial charge in [0.2, 0.25) is 0 Å². The Labute approximate surface area is 158 Å². The highest BCUT2D eigenvalue weighted by Gasteiger charge is 2.08. The molecule has 0 unspecified atom stereocenters. The summed E-state index contributed by atoms with van der Waals surface area (Å²) in [5, 5.41) is 6.87. The third-order valence-corrected chi connectivity index (χ3v) is 4.16. The molecular weight excluding hydrogens is 346 g/mol. The van der Waals surface area contributed by atoms with Crippen molar-refractivity contribution in [3.8, 4) is 0 Å². The van der Waals surface area contributed by atoms with E-state index in [1.54, 1.807) is 12.3 Å². The summed E-state index contributed by atoms with van der Waals surface area (Å²) in [6.07, 6.45) is 2.34. The third-order valence-electron chi connectivity index (χ3n) is 3.92. The summed E-state index contributed by atoms with van der Waals surface area (Å²) >= 11 is 5.97. The summed E-state index contributed by atoms with van der Waals surface area (Å²) in [6.45, 7) is 2.57. The van der Waals surface area contributed by atoms with Crippen molar-refractivity contribution in [1.29, 1.82) is 0 Å². The third kappa shape index (κ3) is 5.07. The number of benzene rings is 2. The number of aryl methyl sites for hydroxylation is 1. The van der Waals surface area contributed by atoms with Gasteiger partial charge in [0.1, 0.15) is 5.69 Å². The highest BCUT2D eigenvalue weighted by atomic mass is 35.5. The molecule has 0 aliphatic rings. The minimum atomic E-state index is -0.195. The first-order chi connectivity index (χ1) is 12.6. The summed E-state index contributed by atoms with van der Waals surface area (Å²) in [6, 6.07) is 19.3. The topological polar surface area (TPSA) is 54.0 Å². The predicted molar refractivity (Wildman–Crippen MR) is 106 cm³/mol. The number of hydrogen-bond donors (Lipinski definition) is 2. The number of aromatic nitrogens is 1. The molecule has 0 fully saturated rings. The number of nitrogens with one attached hydrogen (secondary N) is 2. The highest BCUT2D eigenvalue weighted by Crippen LogP contribution is 2.17. The Bertz CT molecular complexity index is 894. The molecule has 5 heteroatoms. The smallest absolute Gasteiger partial charge is 0.269 e. The maximum absolute atomic E-state index is 12.3. The zero-order valence-electron chi connectivity index (χ0n) is 14.5. The van der Waals surface area contributed by atoms with E-state index in [1.165, 1.54) is 5.56 Å². The molecule has 132 valence electrons. The number of hydrogen-bond acceptors (Lipinski definition) is 3. The molecule has 0 aliphatic heterocycles. The number of nitrogens with zero attached hydrogens (tertiary/aromatic N) is 1. The van der Waals surface area contributed by atoms with E-state index in [9.17, 15) is 4.79 Å². The van der Waals surface area contributed by atoms with Crippen LogP contribution < -0.4 is 10.6 Å². The maximum atomic E-state index is 12.3. The molecule has 3 rings (SSSR count). The van der Waals surface area contributed by atoms with Crippen LogP contribution in [0.15, 0.2) is 66.9 Å². The van der Waals surface area contributed by atoms with E-state index in [0.717, 1.165) is 16.9 Å². The van der Waals surface area contributed by atoms with Gasteiger partial charge in [-0.2, -0.15) is 0 Å². The summed E-state index contributed by atoms with van der Waals surface area (Å²) in [5.41, 5.74) is 4.46.